The number of hydrogen-bond acceptors (Lipinski definition) is 7. The van der Waals surface area contributed by atoms with Gasteiger partial charge in [0.2, 0.25) is 5.91 Å². The summed E-state index contributed by atoms with van der Waals surface area (Å²) in [5.74, 6) is -0.327. The first-order chi connectivity index (χ1) is 28.3. The lowest BCUT2D eigenvalue weighted by Crippen LogP contribution is -2.66. The van der Waals surface area contributed by atoms with Crippen molar-refractivity contribution in [2.75, 3.05) is 13.7 Å². The standard InChI is InChI=1S/C51H74N2O8/c1-29(2)40-35(54)26-51(27-39(55)52-28-45(3,4)53-42(56)30-13-15-31(60-12)16-14-30)24-23-49(10)32(41(40)51)17-18-37-48(9)21-20-38(47(7,8)36(48)19-22-50(37,49)11)61-44(59)34-25-33(43(57)58)46(34,5)6/h13-16,29,32-34,36-38H,17-28H2,1-12H3,(H,52,55)(H,53,56)(H,57,58)/t32-,33+,34-,36+,37-,38+,48+,49-,50-,51+/m1/s1. The van der Waals surface area contributed by atoms with Crippen LogP contribution < -0.4 is 15.4 Å². The summed E-state index contributed by atoms with van der Waals surface area (Å²) in [5, 5.41) is 15.9. The lowest BCUT2D eigenvalue weighted by molar-refractivity contribution is -0.236. The molecule has 10 atom stereocenters. The number of carbonyl (C=O) groups is 5. The molecule has 10 heteroatoms. The van der Waals surface area contributed by atoms with Gasteiger partial charge in [-0.05, 0) is 147 Å². The fourth-order valence-corrected chi connectivity index (χ4v) is 15.0. The first-order valence-electron chi connectivity index (χ1n) is 23.2. The molecule has 1 aromatic carbocycles. The number of hydrogen-bond donors (Lipinski definition) is 3. The highest BCUT2D eigenvalue weighted by atomic mass is 16.5. The van der Waals surface area contributed by atoms with E-state index in [0.717, 1.165) is 56.9 Å². The highest BCUT2D eigenvalue weighted by Gasteiger charge is 2.70. The smallest absolute Gasteiger partial charge is 0.309 e. The van der Waals surface area contributed by atoms with Crippen LogP contribution in [0.15, 0.2) is 35.4 Å². The van der Waals surface area contributed by atoms with E-state index >= 15 is 0 Å². The predicted octanol–water partition coefficient (Wildman–Crippen LogP) is 9.35. The van der Waals surface area contributed by atoms with Crippen molar-refractivity contribution in [1.29, 1.82) is 0 Å². The molecule has 5 saturated carbocycles. The van der Waals surface area contributed by atoms with Gasteiger partial charge < -0.3 is 25.2 Å². The van der Waals surface area contributed by atoms with Gasteiger partial charge in [0, 0.05) is 35.8 Å². The Hall–Kier alpha value is -3.69. The number of carbonyl (C=O) groups excluding carboxylic acids is 4. The lowest BCUT2D eigenvalue weighted by atomic mass is 9.33. The number of esters is 1. The molecule has 3 N–H and O–H groups in total. The van der Waals surface area contributed by atoms with Gasteiger partial charge >= 0.3 is 11.9 Å². The molecular formula is C51H74N2O8. The van der Waals surface area contributed by atoms with Gasteiger partial charge in [-0.25, -0.2) is 0 Å². The monoisotopic (exact) mass is 843 g/mol. The molecule has 5 fully saturated rings. The molecule has 6 aliphatic carbocycles. The minimum atomic E-state index is -0.841. The maximum Gasteiger partial charge on any atom is 0.309 e. The van der Waals surface area contributed by atoms with Crippen molar-refractivity contribution in [2.45, 2.75) is 158 Å². The second-order valence-corrected chi connectivity index (χ2v) is 23.3. The van der Waals surface area contributed by atoms with E-state index in [-0.39, 0.29) is 76.1 Å². The molecule has 0 heterocycles. The zero-order chi connectivity index (χ0) is 44.9. The molecule has 336 valence electrons. The molecule has 0 spiro atoms. The largest absolute Gasteiger partial charge is 0.497 e. The van der Waals surface area contributed by atoms with Crippen molar-refractivity contribution < 1.29 is 38.6 Å². The second kappa shape index (κ2) is 15.2. The number of aliphatic carboxylic acids is 1. The van der Waals surface area contributed by atoms with Gasteiger partial charge in [-0.2, -0.15) is 0 Å². The number of allylic oxidation sites excluding steroid dienone is 2. The highest BCUT2D eigenvalue weighted by Crippen LogP contribution is 2.77. The van der Waals surface area contributed by atoms with Crippen LogP contribution in [0.3, 0.4) is 0 Å². The van der Waals surface area contributed by atoms with Crippen molar-refractivity contribution in [2.24, 2.45) is 68.0 Å². The van der Waals surface area contributed by atoms with Gasteiger partial charge in [0.05, 0.1) is 24.5 Å². The molecule has 0 radical (unpaired) electrons. The fraction of sp³-hybridized carbons (Fsp3) is 0.745. The predicted molar refractivity (Wildman–Crippen MR) is 234 cm³/mol. The molecule has 1 aromatic rings. The van der Waals surface area contributed by atoms with Gasteiger partial charge in [-0.1, -0.05) is 67.9 Å². The number of nitrogens with one attached hydrogen (secondary N) is 2. The molecule has 0 aliphatic heterocycles. The van der Waals surface area contributed by atoms with E-state index in [0.29, 0.717) is 36.0 Å². The molecule has 0 bridgehead atoms. The Balaban J connectivity index is 1.08. The Kier molecular flexibility index (Phi) is 11.3. The summed E-state index contributed by atoms with van der Waals surface area (Å²) in [6.45, 7) is 24.3. The van der Waals surface area contributed by atoms with Crippen LogP contribution in [0.5, 0.6) is 5.75 Å². The van der Waals surface area contributed by atoms with Crippen LogP contribution in [-0.4, -0.2) is 59.9 Å². The van der Waals surface area contributed by atoms with Gasteiger partial charge in [0.25, 0.3) is 5.91 Å². The van der Waals surface area contributed by atoms with Crippen molar-refractivity contribution in [1.82, 2.24) is 10.6 Å². The van der Waals surface area contributed by atoms with Crippen molar-refractivity contribution in [3.63, 3.8) is 0 Å². The number of methoxy groups -OCH3 is 1. The quantitative estimate of drug-likeness (QED) is 0.187. The van der Waals surface area contributed by atoms with Crippen molar-refractivity contribution in [3.8, 4) is 5.75 Å². The number of ether oxygens (including phenoxy) is 2. The van der Waals surface area contributed by atoms with Gasteiger partial charge in [-0.3, -0.25) is 24.0 Å². The van der Waals surface area contributed by atoms with Crippen molar-refractivity contribution >= 4 is 29.5 Å². The van der Waals surface area contributed by atoms with Crippen LogP contribution in [0, 0.1) is 68.0 Å². The molecule has 10 nitrogen and oxygen atoms in total. The van der Waals surface area contributed by atoms with Crippen molar-refractivity contribution in [3.05, 3.63) is 41.0 Å². The van der Waals surface area contributed by atoms with Crippen LogP contribution in [0.25, 0.3) is 0 Å². The average molecular weight is 843 g/mol. The second-order valence-electron chi connectivity index (χ2n) is 23.3. The Morgan fingerprint density at radius 3 is 2.11 bits per heavy atom. The minimum Gasteiger partial charge on any atom is -0.497 e. The first kappa shape index (κ1) is 45.3. The van der Waals surface area contributed by atoms with E-state index < -0.39 is 34.2 Å². The number of amides is 2. The number of rotatable bonds is 11. The van der Waals surface area contributed by atoms with Crippen LogP contribution in [0.1, 0.15) is 157 Å². The molecule has 0 unspecified atom stereocenters. The molecule has 2 amide bonds. The third kappa shape index (κ3) is 7.16. The third-order valence-electron chi connectivity index (χ3n) is 18.7. The Labute approximate surface area is 364 Å². The summed E-state index contributed by atoms with van der Waals surface area (Å²) in [6, 6.07) is 6.94. The van der Waals surface area contributed by atoms with E-state index in [9.17, 15) is 29.1 Å². The minimum absolute atomic E-state index is 0.0177. The van der Waals surface area contributed by atoms with E-state index in [2.05, 4.69) is 59.1 Å². The summed E-state index contributed by atoms with van der Waals surface area (Å²) in [5.41, 5.74) is 0.680. The normalized spacial score (nSPS) is 37.3. The number of fused-ring (bicyclic) bond motifs is 7. The third-order valence-corrected chi connectivity index (χ3v) is 18.7. The molecule has 0 saturated heterocycles. The topological polar surface area (TPSA) is 148 Å². The zero-order valence-corrected chi connectivity index (χ0v) is 39.1. The number of ketones is 1. The number of carboxylic acids is 1. The Morgan fingerprint density at radius 1 is 0.836 bits per heavy atom. The SMILES string of the molecule is COc1ccc(C(=O)NC(C)(C)CNC(=O)C[C@@]23CC[C@]4(C)[C@H](CC[C@@H]5[C@@]6(C)CC[C@H](OC(=O)[C@H]7C[C@@H](C(=O)O)C7(C)C)C(C)(C)[C@@H]6CC[C@]54C)C2=C(C(C)C)C(=O)C3)cc1. The van der Waals surface area contributed by atoms with E-state index in [1.807, 2.05) is 27.7 Å². The van der Waals surface area contributed by atoms with E-state index in [4.69, 9.17) is 9.47 Å². The summed E-state index contributed by atoms with van der Waals surface area (Å²) in [7, 11) is 1.59. The summed E-state index contributed by atoms with van der Waals surface area (Å²) in [4.78, 5) is 66.9. The highest BCUT2D eigenvalue weighted by molar-refractivity contribution is 6.01. The summed E-state index contributed by atoms with van der Waals surface area (Å²) in [6.07, 6.45) is 8.47. The molecule has 0 aromatic heterocycles. The van der Waals surface area contributed by atoms with Gasteiger partial charge in [-0.15, -0.1) is 0 Å². The maximum atomic E-state index is 14.2. The summed E-state index contributed by atoms with van der Waals surface area (Å²) < 4.78 is 11.7. The number of benzene rings is 1. The maximum absolute atomic E-state index is 14.2. The van der Waals surface area contributed by atoms with Crippen LogP contribution in [0.4, 0.5) is 0 Å². The molecular weight excluding hydrogens is 769 g/mol. The average Bonchev–Trinajstić information content (AvgIpc) is 3.46. The number of Topliss-reactive ketones (excluding diaryl/α,β-unsaturated/α-hetero) is 1. The van der Waals surface area contributed by atoms with Crippen LogP contribution in [0.2, 0.25) is 0 Å². The Bertz CT molecular complexity index is 2000. The lowest BCUT2D eigenvalue weighted by Gasteiger charge is -2.72. The first-order valence-corrected chi connectivity index (χ1v) is 23.2. The van der Waals surface area contributed by atoms with E-state index in [1.54, 1.807) is 31.4 Å². The van der Waals surface area contributed by atoms with Gasteiger partial charge in [0.15, 0.2) is 5.78 Å². The molecule has 6 aliphatic rings. The van der Waals surface area contributed by atoms with Crippen LogP contribution >= 0.6 is 0 Å². The fourth-order valence-electron chi connectivity index (χ4n) is 15.0. The Morgan fingerprint density at radius 2 is 1.51 bits per heavy atom. The molecule has 61 heavy (non-hydrogen) atoms. The van der Waals surface area contributed by atoms with E-state index in [1.165, 1.54) is 5.57 Å². The molecule has 7 rings (SSSR count). The number of carboxylic acid groups (broad SMARTS) is 1. The van der Waals surface area contributed by atoms with Crippen LogP contribution in [-0.2, 0) is 23.9 Å². The zero-order valence-electron chi connectivity index (χ0n) is 39.1. The van der Waals surface area contributed by atoms with Gasteiger partial charge in [0.1, 0.15) is 11.9 Å². The summed E-state index contributed by atoms with van der Waals surface area (Å²) >= 11 is 0.